The van der Waals surface area contributed by atoms with Gasteiger partial charge in [0.15, 0.2) is 0 Å². The fourth-order valence-electron chi connectivity index (χ4n) is 5.18. The van der Waals surface area contributed by atoms with E-state index >= 15 is 0 Å². The van der Waals surface area contributed by atoms with Crippen molar-refractivity contribution in [3.63, 3.8) is 0 Å². The zero-order chi connectivity index (χ0) is 31.1. The van der Waals surface area contributed by atoms with Crippen molar-refractivity contribution in [1.82, 2.24) is 14.1 Å². The Bertz CT molecular complexity index is 1510. The largest absolute Gasteiger partial charge is 0.497 e. The number of carbonyl (C=O) groups is 2. The summed E-state index contributed by atoms with van der Waals surface area (Å²) in [4.78, 5) is 30.6. The van der Waals surface area contributed by atoms with Crippen LogP contribution >= 0.6 is 11.6 Å². The van der Waals surface area contributed by atoms with E-state index in [1.54, 1.807) is 53.3 Å². The number of nitrogens with zero attached hydrogens (tertiary/aromatic N) is 3. The van der Waals surface area contributed by atoms with Gasteiger partial charge in [-0.25, -0.2) is 12.8 Å². The highest BCUT2D eigenvalue weighted by Gasteiger charge is 2.34. The normalized spacial score (nSPS) is 14.3. The van der Waals surface area contributed by atoms with Crippen LogP contribution in [0.4, 0.5) is 4.39 Å². The number of ether oxygens (including phenoxy) is 1. The molecule has 230 valence electrons. The number of methoxy groups -OCH3 is 1. The van der Waals surface area contributed by atoms with Gasteiger partial charge in [-0.15, -0.1) is 0 Å². The number of likely N-dealkylation sites (tertiary alicyclic amines) is 1. The van der Waals surface area contributed by atoms with E-state index < -0.39 is 10.0 Å². The molecule has 0 aliphatic carbocycles. The van der Waals surface area contributed by atoms with Gasteiger partial charge < -0.3 is 14.5 Å². The lowest BCUT2D eigenvalue weighted by molar-refractivity contribution is -0.135. The smallest absolute Gasteiger partial charge is 0.253 e. The van der Waals surface area contributed by atoms with Crippen molar-refractivity contribution >= 4 is 33.4 Å². The average Bonchev–Trinajstić information content (AvgIpc) is 3.00. The molecule has 0 saturated carbocycles. The van der Waals surface area contributed by atoms with Crippen LogP contribution < -0.4 is 4.74 Å². The topological polar surface area (TPSA) is 87.2 Å². The van der Waals surface area contributed by atoms with Gasteiger partial charge in [-0.2, -0.15) is 4.31 Å². The Morgan fingerprint density at radius 1 is 1.02 bits per heavy atom. The summed E-state index contributed by atoms with van der Waals surface area (Å²) in [6.07, 6.45) is 1.02. The molecule has 0 spiro atoms. The van der Waals surface area contributed by atoms with E-state index in [0.29, 0.717) is 42.3 Å². The lowest BCUT2D eigenvalue weighted by Gasteiger charge is -2.39. The summed E-state index contributed by atoms with van der Waals surface area (Å²) in [5.74, 6) is -0.309. The van der Waals surface area contributed by atoms with E-state index in [2.05, 4.69) is 0 Å². The quantitative estimate of drug-likeness (QED) is 0.281. The van der Waals surface area contributed by atoms with Crippen LogP contribution in [0.15, 0.2) is 77.7 Å². The van der Waals surface area contributed by atoms with Gasteiger partial charge in [0.05, 0.1) is 18.6 Å². The molecule has 1 aliphatic heterocycles. The van der Waals surface area contributed by atoms with Crippen LogP contribution in [0, 0.1) is 11.7 Å². The zero-order valence-electron chi connectivity index (χ0n) is 24.6. The van der Waals surface area contributed by atoms with Gasteiger partial charge >= 0.3 is 0 Å². The first kappa shape index (κ1) is 32.4. The molecule has 11 heteroatoms. The summed E-state index contributed by atoms with van der Waals surface area (Å²) in [6, 6.07) is 18.5. The molecular formula is C32H37ClFN3O5S. The van der Waals surface area contributed by atoms with Crippen LogP contribution in [0.2, 0.25) is 5.02 Å². The Morgan fingerprint density at radius 3 is 2.28 bits per heavy atom. The molecule has 43 heavy (non-hydrogen) atoms. The number of halogens is 2. The Morgan fingerprint density at radius 2 is 1.67 bits per heavy atom. The summed E-state index contributed by atoms with van der Waals surface area (Å²) >= 11 is 5.98. The molecule has 0 bridgehead atoms. The Kier molecular flexibility index (Phi) is 10.8. The summed E-state index contributed by atoms with van der Waals surface area (Å²) in [7, 11) is -2.45. The van der Waals surface area contributed by atoms with Gasteiger partial charge in [-0.3, -0.25) is 9.59 Å². The number of carbonyl (C=O) groups excluding carboxylic acids is 2. The molecule has 0 radical (unpaired) electrons. The maximum atomic E-state index is 14.0. The second kappa shape index (κ2) is 14.3. The summed E-state index contributed by atoms with van der Waals surface area (Å²) in [5.41, 5.74) is 1.24. The number of sulfonamides is 1. The summed E-state index contributed by atoms with van der Waals surface area (Å²) in [6.45, 7) is 4.60. The van der Waals surface area contributed by atoms with Crippen LogP contribution in [-0.2, 0) is 21.4 Å². The van der Waals surface area contributed by atoms with Crippen molar-refractivity contribution in [3.8, 4) is 5.75 Å². The van der Waals surface area contributed by atoms with Crippen molar-refractivity contribution in [1.29, 1.82) is 0 Å². The molecule has 1 heterocycles. The van der Waals surface area contributed by atoms with Gasteiger partial charge in [0.2, 0.25) is 15.9 Å². The monoisotopic (exact) mass is 629 g/mol. The van der Waals surface area contributed by atoms with Gasteiger partial charge in [-0.05, 0) is 78.9 Å². The molecule has 1 saturated heterocycles. The number of hydrogen-bond donors (Lipinski definition) is 0. The maximum absolute atomic E-state index is 14.0. The van der Waals surface area contributed by atoms with E-state index in [1.807, 2.05) is 13.8 Å². The predicted molar refractivity (Wildman–Crippen MR) is 164 cm³/mol. The molecule has 0 aromatic heterocycles. The molecule has 1 aliphatic rings. The minimum atomic E-state index is -3.99. The molecule has 1 fully saturated rings. The molecule has 4 rings (SSSR count). The molecule has 8 nitrogen and oxygen atoms in total. The molecule has 0 atom stereocenters. The van der Waals surface area contributed by atoms with E-state index in [1.165, 1.54) is 40.7 Å². The minimum absolute atomic E-state index is 0.0358. The van der Waals surface area contributed by atoms with Crippen LogP contribution in [0.5, 0.6) is 5.75 Å². The minimum Gasteiger partial charge on any atom is -0.497 e. The molecule has 3 aromatic carbocycles. The summed E-state index contributed by atoms with van der Waals surface area (Å²) in [5, 5.41) is 0.409. The van der Waals surface area contributed by atoms with Crippen LogP contribution in [0.25, 0.3) is 0 Å². The van der Waals surface area contributed by atoms with Crippen molar-refractivity contribution in [2.75, 3.05) is 33.3 Å². The predicted octanol–water partition coefficient (Wildman–Crippen LogP) is 5.47. The van der Waals surface area contributed by atoms with Crippen LogP contribution in [-0.4, -0.2) is 73.7 Å². The van der Waals surface area contributed by atoms with Crippen molar-refractivity contribution < 1.29 is 27.1 Å². The Hall–Kier alpha value is -3.47. The van der Waals surface area contributed by atoms with Gasteiger partial charge in [0.25, 0.3) is 5.91 Å². The second-order valence-electron chi connectivity index (χ2n) is 11.0. The average molecular weight is 630 g/mol. The highest BCUT2D eigenvalue weighted by molar-refractivity contribution is 7.89. The van der Waals surface area contributed by atoms with E-state index in [0.717, 1.165) is 5.56 Å². The first-order valence-electron chi connectivity index (χ1n) is 14.2. The summed E-state index contributed by atoms with van der Waals surface area (Å²) < 4.78 is 47.4. The van der Waals surface area contributed by atoms with Crippen molar-refractivity contribution in [2.24, 2.45) is 5.92 Å². The second-order valence-corrected chi connectivity index (χ2v) is 13.4. The third kappa shape index (κ3) is 8.34. The van der Waals surface area contributed by atoms with Gasteiger partial charge in [-0.1, -0.05) is 43.6 Å². The van der Waals surface area contributed by atoms with E-state index in [9.17, 15) is 22.4 Å². The molecule has 0 N–H and O–H groups in total. The lowest BCUT2D eigenvalue weighted by atomic mass is 10.0. The molecule has 3 aromatic rings. The van der Waals surface area contributed by atoms with Crippen LogP contribution in [0.1, 0.15) is 42.6 Å². The number of amides is 2. The highest BCUT2D eigenvalue weighted by atomic mass is 35.5. The van der Waals surface area contributed by atoms with E-state index in [-0.39, 0.29) is 54.1 Å². The van der Waals surface area contributed by atoms with E-state index in [4.69, 9.17) is 16.3 Å². The number of hydrogen-bond acceptors (Lipinski definition) is 5. The zero-order valence-corrected chi connectivity index (χ0v) is 26.2. The molecule has 0 unspecified atom stereocenters. The third-order valence-electron chi connectivity index (χ3n) is 7.43. The molecule has 2 amide bonds. The SMILES string of the molecule is COc1cccc(C(=O)N2CCC(N(Cc3ccc(F)cc3)C(=O)CN(CC(C)C)S(=O)(=O)c3ccc(Cl)cc3)CC2)c1. The Labute approximate surface area is 258 Å². The lowest BCUT2D eigenvalue weighted by Crippen LogP contribution is -2.51. The van der Waals surface area contributed by atoms with Gasteiger partial charge in [0, 0.05) is 42.8 Å². The first-order valence-corrected chi connectivity index (χ1v) is 16.0. The maximum Gasteiger partial charge on any atom is 0.253 e. The van der Waals surface area contributed by atoms with Crippen LogP contribution in [0.3, 0.4) is 0 Å². The van der Waals surface area contributed by atoms with Crippen molar-refractivity contribution in [2.45, 2.75) is 44.2 Å². The fourth-order valence-corrected chi connectivity index (χ4v) is 6.86. The third-order valence-corrected chi connectivity index (χ3v) is 9.51. The fraction of sp³-hybridized carbons (Fsp3) is 0.375. The molecular weight excluding hydrogens is 593 g/mol. The number of rotatable bonds is 11. The first-order chi connectivity index (χ1) is 20.5. The standard InChI is InChI=1S/C32H37ClFN3O5S/c1-23(2)20-36(43(40,41)30-13-9-26(33)10-14-30)22-31(38)37(21-24-7-11-27(34)12-8-24)28-15-17-35(18-16-28)32(39)25-5-4-6-29(19-25)42-3/h4-14,19,23,28H,15-18,20-22H2,1-3H3. The highest BCUT2D eigenvalue weighted by Crippen LogP contribution is 2.25. The Balaban J connectivity index is 1.55. The number of piperidine rings is 1. The number of benzene rings is 3. The van der Waals surface area contributed by atoms with Crippen molar-refractivity contribution in [3.05, 3.63) is 94.8 Å². The van der Waals surface area contributed by atoms with Gasteiger partial charge in [0.1, 0.15) is 11.6 Å².